The van der Waals surface area contributed by atoms with Crippen LogP contribution in [0.25, 0.3) is 10.9 Å². The molecule has 0 saturated heterocycles. The summed E-state index contributed by atoms with van der Waals surface area (Å²) in [7, 11) is 0. The molecule has 0 fully saturated rings. The van der Waals surface area contributed by atoms with E-state index in [2.05, 4.69) is 23.3 Å². The molecule has 2 rings (SSSR count). The largest absolute Gasteiger partial charge is 0.462 e. The van der Waals surface area contributed by atoms with Crippen molar-refractivity contribution in [3.8, 4) is 0 Å². The minimum absolute atomic E-state index is 0.337. The second kappa shape index (κ2) is 5.90. The molecule has 1 aromatic heterocycles. The van der Waals surface area contributed by atoms with Gasteiger partial charge in [0.2, 0.25) is 0 Å². The molecule has 0 saturated carbocycles. The van der Waals surface area contributed by atoms with Crippen LogP contribution in [0.2, 0.25) is 0 Å². The third-order valence-corrected chi connectivity index (χ3v) is 3.41. The minimum Gasteiger partial charge on any atom is -0.462 e. The van der Waals surface area contributed by atoms with Crippen LogP contribution >= 0.6 is 0 Å². The summed E-state index contributed by atoms with van der Waals surface area (Å²) in [5.74, 6) is -0.337. The van der Waals surface area contributed by atoms with E-state index in [1.54, 1.807) is 13.1 Å². The van der Waals surface area contributed by atoms with E-state index in [1.165, 1.54) is 5.56 Å². The number of benzene rings is 1. The predicted molar refractivity (Wildman–Crippen MR) is 81.3 cm³/mol. The van der Waals surface area contributed by atoms with Gasteiger partial charge < -0.3 is 10.1 Å². The summed E-state index contributed by atoms with van der Waals surface area (Å²) in [6, 6.07) is 4.06. The lowest BCUT2D eigenvalue weighted by molar-refractivity contribution is 0.0527. The van der Waals surface area contributed by atoms with Gasteiger partial charge in [-0.2, -0.15) is 0 Å². The molecule has 106 valence electrons. The molecule has 0 amide bonds. The topological polar surface area (TPSA) is 51.2 Å². The highest BCUT2D eigenvalue weighted by Crippen LogP contribution is 2.29. The maximum absolute atomic E-state index is 12.0. The Labute approximate surface area is 119 Å². The fourth-order valence-corrected chi connectivity index (χ4v) is 2.24. The number of ether oxygens (including phenoxy) is 1. The first-order valence-electron chi connectivity index (χ1n) is 6.90. The number of fused-ring (bicyclic) bond motifs is 1. The van der Waals surface area contributed by atoms with E-state index in [-0.39, 0.29) is 5.97 Å². The second-order valence-corrected chi connectivity index (χ2v) is 4.70. The molecule has 1 aromatic carbocycles. The van der Waals surface area contributed by atoms with Gasteiger partial charge in [-0.3, -0.25) is 4.98 Å². The number of hydrogen-bond donors (Lipinski definition) is 1. The summed E-state index contributed by atoms with van der Waals surface area (Å²) in [6.45, 7) is 9.00. The predicted octanol–water partition coefficient (Wildman–Crippen LogP) is 3.46. The highest BCUT2D eigenvalue weighted by atomic mass is 16.5. The molecule has 4 heteroatoms. The summed E-state index contributed by atoms with van der Waals surface area (Å²) in [5, 5.41) is 4.22. The SMILES string of the molecule is CCNc1c(C(=O)OCC)cnc2c(C)c(C)ccc12. The van der Waals surface area contributed by atoms with Crippen molar-refractivity contribution in [1.82, 2.24) is 4.98 Å². The van der Waals surface area contributed by atoms with E-state index >= 15 is 0 Å². The average Bonchev–Trinajstić information content (AvgIpc) is 2.43. The standard InChI is InChI=1S/C16H20N2O2/c1-5-17-15-12-8-7-10(3)11(4)14(12)18-9-13(15)16(19)20-6-2/h7-9H,5-6H2,1-4H3,(H,17,18). The van der Waals surface area contributed by atoms with E-state index < -0.39 is 0 Å². The van der Waals surface area contributed by atoms with Crippen molar-refractivity contribution in [1.29, 1.82) is 0 Å². The first-order chi connectivity index (χ1) is 9.60. The smallest absolute Gasteiger partial charge is 0.341 e. The van der Waals surface area contributed by atoms with Crippen molar-refractivity contribution in [2.24, 2.45) is 0 Å². The molecule has 20 heavy (non-hydrogen) atoms. The summed E-state index contributed by atoms with van der Waals surface area (Å²) >= 11 is 0. The van der Waals surface area contributed by atoms with Crippen LogP contribution in [0.4, 0.5) is 5.69 Å². The lowest BCUT2D eigenvalue weighted by Gasteiger charge is -2.14. The van der Waals surface area contributed by atoms with Gasteiger partial charge in [0.1, 0.15) is 5.56 Å². The normalized spacial score (nSPS) is 10.6. The van der Waals surface area contributed by atoms with Gasteiger partial charge in [0.05, 0.1) is 17.8 Å². The summed E-state index contributed by atoms with van der Waals surface area (Å²) in [4.78, 5) is 16.5. The Kier molecular flexibility index (Phi) is 4.23. The van der Waals surface area contributed by atoms with Crippen LogP contribution in [0, 0.1) is 13.8 Å². The highest BCUT2D eigenvalue weighted by molar-refractivity contribution is 6.05. The number of rotatable bonds is 4. The van der Waals surface area contributed by atoms with Crippen LogP contribution in [0.15, 0.2) is 18.3 Å². The number of nitrogens with one attached hydrogen (secondary N) is 1. The van der Waals surface area contributed by atoms with Crippen LogP contribution in [0.1, 0.15) is 35.3 Å². The lowest BCUT2D eigenvalue weighted by Crippen LogP contribution is -2.11. The fraction of sp³-hybridized carbons (Fsp3) is 0.375. The molecular formula is C16H20N2O2. The summed E-state index contributed by atoms with van der Waals surface area (Å²) in [6.07, 6.45) is 1.60. The molecule has 1 N–H and O–H groups in total. The van der Waals surface area contributed by atoms with Gasteiger partial charge in [-0.05, 0) is 38.8 Å². The number of hydrogen-bond acceptors (Lipinski definition) is 4. The number of anilines is 1. The molecule has 0 radical (unpaired) electrons. The summed E-state index contributed by atoms with van der Waals surface area (Å²) < 4.78 is 5.10. The van der Waals surface area contributed by atoms with Crippen molar-refractivity contribution < 1.29 is 9.53 Å². The summed E-state index contributed by atoms with van der Waals surface area (Å²) in [5.41, 5.74) is 4.55. The Morgan fingerprint density at radius 3 is 2.70 bits per heavy atom. The maximum Gasteiger partial charge on any atom is 0.341 e. The Balaban J connectivity index is 2.69. The number of carbonyl (C=O) groups excluding carboxylic acids is 1. The van der Waals surface area contributed by atoms with Crippen LogP contribution in [0.3, 0.4) is 0 Å². The second-order valence-electron chi connectivity index (χ2n) is 4.70. The molecule has 0 atom stereocenters. The van der Waals surface area contributed by atoms with Crippen molar-refractivity contribution in [2.75, 3.05) is 18.5 Å². The van der Waals surface area contributed by atoms with E-state index in [0.29, 0.717) is 12.2 Å². The van der Waals surface area contributed by atoms with E-state index in [0.717, 1.165) is 28.7 Å². The van der Waals surface area contributed by atoms with Gasteiger partial charge in [-0.15, -0.1) is 0 Å². The van der Waals surface area contributed by atoms with Crippen LogP contribution in [-0.4, -0.2) is 24.1 Å². The molecule has 1 heterocycles. The number of pyridine rings is 1. The van der Waals surface area contributed by atoms with E-state index in [9.17, 15) is 4.79 Å². The molecule has 2 aromatic rings. The van der Waals surface area contributed by atoms with Crippen LogP contribution < -0.4 is 5.32 Å². The monoisotopic (exact) mass is 272 g/mol. The van der Waals surface area contributed by atoms with Crippen LogP contribution in [0.5, 0.6) is 0 Å². The number of esters is 1. The zero-order valence-electron chi connectivity index (χ0n) is 12.4. The Morgan fingerprint density at radius 1 is 1.30 bits per heavy atom. The zero-order valence-corrected chi connectivity index (χ0v) is 12.4. The van der Waals surface area contributed by atoms with Crippen molar-refractivity contribution in [3.63, 3.8) is 0 Å². The van der Waals surface area contributed by atoms with Crippen molar-refractivity contribution in [3.05, 3.63) is 35.0 Å². The van der Waals surface area contributed by atoms with Gasteiger partial charge in [0.25, 0.3) is 0 Å². The first kappa shape index (κ1) is 14.3. The van der Waals surface area contributed by atoms with Gasteiger partial charge in [0.15, 0.2) is 0 Å². The van der Waals surface area contributed by atoms with Gasteiger partial charge >= 0.3 is 5.97 Å². The number of aromatic nitrogens is 1. The van der Waals surface area contributed by atoms with Crippen molar-refractivity contribution in [2.45, 2.75) is 27.7 Å². The zero-order chi connectivity index (χ0) is 14.7. The quantitative estimate of drug-likeness (QED) is 0.866. The molecule has 0 bridgehead atoms. The van der Waals surface area contributed by atoms with Gasteiger partial charge in [-0.25, -0.2) is 4.79 Å². The number of nitrogens with zero attached hydrogens (tertiary/aromatic N) is 1. The molecule has 4 nitrogen and oxygen atoms in total. The van der Waals surface area contributed by atoms with Crippen molar-refractivity contribution >= 4 is 22.6 Å². The number of carbonyl (C=O) groups is 1. The molecule has 0 aliphatic heterocycles. The fourth-order valence-electron chi connectivity index (χ4n) is 2.24. The van der Waals surface area contributed by atoms with E-state index in [4.69, 9.17) is 4.74 Å². The van der Waals surface area contributed by atoms with Gasteiger partial charge in [-0.1, -0.05) is 12.1 Å². The average molecular weight is 272 g/mol. The molecule has 0 aliphatic rings. The van der Waals surface area contributed by atoms with Gasteiger partial charge in [0, 0.05) is 18.1 Å². The number of aryl methyl sites for hydroxylation is 2. The Bertz CT molecular complexity index is 650. The highest BCUT2D eigenvalue weighted by Gasteiger charge is 2.17. The third-order valence-electron chi connectivity index (χ3n) is 3.41. The molecule has 0 aliphatic carbocycles. The molecule has 0 spiro atoms. The van der Waals surface area contributed by atoms with E-state index in [1.807, 2.05) is 19.9 Å². The molecule has 0 unspecified atom stereocenters. The Morgan fingerprint density at radius 2 is 2.05 bits per heavy atom. The van der Waals surface area contributed by atoms with Crippen LogP contribution in [-0.2, 0) is 4.74 Å². The maximum atomic E-state index is 12.0. The lowest BCUT2D eigenvalue weighted by atomic mass is 10.0. The molecular weight excluding hydrogens is 252 g/mol. The Hall–Kier alpha value is -2.10. The minimum atomic E-state index is -0.337. The third kappa shape index (κ3) is 2.46. The first-order valence-corrected chi connectivity index (χ1v) is 6.90.